The van der Waals surface area contributed by atoms with Crippen molar-refractivity contribution in [2.24, 2.45) is 0 Å². The first-order chi connectivity index (χ1) is 15.6. The van der Waals surface area contributed by atoms with E-state index in [9.17, 15) is 4.79 Å². The number of rotatable bonds is 5. The Hall–Kier alpha value is -2.52. The van der Waals surface area contributed by atoms with Gasteiger partial charge in [0.2, 0.25) is 5.95 Å². The SMILES string of the molecule is Cl.Cl.O=c1[nH]c(NCc2ccc(Cl)c(Cl)c2)nc2cnn(C3CCN(c4cccnc4)CC3)c12. The van der Waals surface area contributed by atoms with Gasteiger partial charge in [0.25, 0.3) is 5.56 Å². The summed E-state index contributed by atoms with van der Waals surface area (Å²) < 4.78 is 1.82. The predicted molar refractivity (Wildman–Crippen MR) is 141 cm³/mol. The molecule has 1 saturated heterocycles. The van der Waals surface area contributed by atoms with Crippen molar-refractivity contribution in [2.75, 3.05) is 23.3 Å². The van der Waals surface area contributed by atoms with E-state index in [-0.39, 0.29) is 36.4 Å². The fourth-order valence-corrected chi connectivity index (χ4v) is 4.40. The molecule has 0 unspecified atom stereocenters. The number of H-pyrrole nitrogens is 1. The minimum Gasteiger partial charge on any atom is -0.370 e. The fraction of sp³-hybridized carbons (Fsp3) is 0.273. The van der Waals surface area contributed by atoms with E-state index in [1.54, 1.807) is 24.5 Å². The first kappa shape index (κ1) is 26.1. The van der Waals surface area contributed by atoms with Crippen LogP contribution in [0, 0.1) is 0 Å². The van der Waals surface area contributed by atoms with E-state index in [1.807, 2.05) is 23.0 Å². The van der Waals surface area contributed by atoms with Gasteiger partial charge in [0.05, 0.1) is 34.2 Å². The van der Waals surface area contributed by atoms with Gasteiger partial charge in [-0.15, -0.1) is 24.8 Å². The average Bonchev–Trinajstić information content (AvgIpc) is 3.25. The zero-order valence-corrected chi connectivity index (χ0v) is 21.1. The molecule has 8 nitrogen and oxygen atoms in total. The normalized spacial score (nSPS) is 13.9. The van der Waals surface area contributed by atoms with Gasteiger partial charge >= 0.3 is 0 Å². The van der Waals surface area contributed by atoms with Crippen molar-refractivity contribution in [3.8, 4) is 0 Å². The van der Waals surface area contributed by atoms with Crippen LogP contribution < -0.4 is 15.8 Å². The average molecular weight is 543 g/mol. The summed E-state index contributed by atoms with van der Waals surface area (Å²) in [5, 5.41) is 8.62. The summed E-state index contributed by atoms with van der Waals surface area (Å²) in [6.45, 7) is 2.21. The third kappa shape index (κ3) is 5.41. The molecule has 0 radical (unpaired) electrons. The molecule has 1 aliphatic rings. The number of halogens is 4. The molecule has 180 valence electrons. The Morgan fingerprint density at radius 1 is 1.09 bits per heavy atom. The molecule has 3 aromatic heterocycles. The highest BCUT2D eigenvalue weighted by Gasteiger charge is 2.24. The molecule has 4 aromatic rings. The summed E-state index contributed by atoms with van der Waals surface area (Å²) in [6.07, 6.45) is 7.09. The molecule has 0 bridgehead atoms. The molecule has 0 saturated carbocycles. The first-order valence-corrected chi connectivity index (χ1v) is 11.1. The zero-order valence-electron chi connectivity index (χ0n) is 17.9. The molecular weight excluding hydrogens is 520 g/mol. The molecule has 12 heteroatoms. The Bertz CT molecular complexity index is 1300. The molecule has 0 spiro atoms. The highest BCUT2D eigenvalue weighted by atomic mass is 35.5. The summed E-state index contributed by atoms with van der Waals surface area (Å²) in [6, 6.07) is 9.55. The third-order valence-electron chi connectivity index (χ3n) is 5.72. The van der Waals surface area contributed by atoms with E-state index in [0.717, 1.165) is 37.2 Å². The van der Waals surface area contributed by atoms with Crippen LogP contribution in [-0.2, 0) is 6.54 Å². The number of fused-ring (bicyclic) bond motifs is 1. The number of nitrogens with zero attached hydrogens (tertiary/aromatic N) is 5. The van der Waals surface area contributed by atoms with E-state index < -0.39 is 0 Å². The molecule has 0 atom stereocenters. The van der Waals surface area contributed by atoms with Gasteiger partial charge in [-0.2, -0.15) is 5.10 Å². The number of aromatic nitrogens is 5. The molecule has 1 aromatic carbocycles. The Morgan fingerprint density at radius 3 is 2.59 bits per heavy atom. The van der Waals surface area contributed by atoms with Gasteiger partial charge in [-0.25, -0.2) is 4.98 Å². The summed E-state index contributed by atoms with van der Waals surface area (Å²) in [5.74, 6) is 0.388. The van der Waals surface area contributed by atoms with Crippen LogP contribution in [0.2, 0.25) is 10.0 Å². The Labute approximate surface area is 218 Å². The van der Waals surface area contributed by atoms with Gasteiger partial charge in [-0.05, 0) is 42.7 Å². The van der Waals surface area contributed by atoms with Crippen molar-refractivity contribution in [1.29, 1.82) is 0 Å². The van der Waals surface area contributed by atoms with Crippen LogP contribution in [0.1, 0.15) is 24.4 Å². The lowest BCUT2D eigenvalue weighted by Gasteiger charge is -2.33. The molecule has 5 rings (SSSR count). The summed E-state index contributed by atoms with van der Waals surface area (Å²) in [7, 11) is 0. The van der Waals surface area contributed by atoms with Crippen LogP contribution in [-0.4, -0.2) is 37.8 Å². The van der Waals surface area contributed by atoms with Crippen molar-refractivity contribution in [1.82, 2.24) is 24.7 Å². The number of aromatic amines is 1. The highest BCUT2D eigenvalue weighted by molar-refractivity contribution is 6.42. The van der Waals surface area contributed by atoms with Gasteiger partial charge < -0.3 is 10.2 Å². The molecule has 0 aliphatic carbocycles. The lowest BCUT2D eigenvalue weighted by atomic mass is 10.0. The Kier molecular flexibility index (Phi) is 8.65. The standard InChI is InChI=1S/C22H21Cl2N7O.2ClH/c23-17-4-3-14(10-18(17)24)11-26-22-28-19-13-27-31(20(19)21(32)29-22)15-5-8-30(9-6-15)16-2-1-7-25-12-16;;/h1-4,7,10,12-13,15H,5-6,8-9,11H2,(H2,26,28,29,32);2*1H. The second-order valence-electron chi connectivity index (χ2n) is 7.77. The zero-order chi connectivity index (χ0) is 22.1. The monoisotopic (exact) mass is 541 g/mol. The van der Waals surface area contributed by atoms with Crippen molar-refractivity contribution in [3.63, 3.8) is 0 Å². The van der Waals surface area contributed by atoms with Gasteiger partial charge in [-0.3, -0.25) is 19.4 Å². The lowest BCUT2D eigenvalue weighted by molar-refractivity contribution is 0.375. The smallest absolute Gasteiger partial charge is 0.278 e. The summed E-state index contributed by atoms with van der Waals surface area (Å²) >= 11 is 12.0. The molecule has 34 heavy (non-hydrogen) atoms. The topological polar surface area (TPSA) is 91.7 Å². The number of benzene rings is 1. The highest BCUT2D eigenvalue weighted by Crippen LogP contribution is 2.27. The van der Waals surface area contributed by atoms with E-state index in [0.29, 0.717) is 33.6 Å². The molecule has 1 fully saturated rings. The molecule has 0 amide bonds. The molecule has 2 N–H and O–H groups in total. The van der Waals surface area contributed by atoms with Gasteiger partial charge in [-0.1, -0.05) is 29.3 Å². The lowest BCUT2D eigenvalue weighted by Crippen LogP contribution is -2.35. The summed E-state index contributed by atoms with van der Waals surface area (Å²) in [4.78, 5) is 26.7. The van der Waals surface area contributed by atoms with Crippen LogP contribution in [0.4, 0.5) is 11.6 Å². The number of nitrogens with one attached hydrogen (secondary N) is 2. The Morgan fingerprint density at radius 2 is 1.88 bits per heavy atom. The number of pyridine rings is 1. The quantitative estimate of drug-likeness (QED) is 0.363. The van der Waals surface area contributed by atoms with Crippen LogP contribution in [0.25, 0.3) is 11.0 Å². The van der Waals surface area contributed by atoms with Crippen LogP contribution in [0.3, 0.4) is 0 Å². The largest absolute Gasteiger partial charge is 0.370 e. The number of piperidine rings is 1. The number of anilines is 2. The van der Waals surface area contributed by atoms with Crippen molar-refractivity contribution in [2.45, 2.75) is 25.4 Å². The molecule has 1 aliphatic heterocycles. The summed E-state index contributed by atoms with van der Waals surface area (Å²) in [5.41, 5.74) is 2.91. The van der Waals surface area contributed by atoms with Gasteiger partial charge in [0.15, 0.2) is 5.52 Å². The van der Waals surface area contributed by atoms with Gasteiger partial charge in [0, 0.05) is 25.8 Å². The number of hydrogen-bond acceptors (Lipinski definition) is 6. The maximum atomic E-state index is 12.9. The predicted octanol–water partition coefficient (Wildman–Crippen LogP) is 5.12. The van der Waals surface area contributed by atoms with Crippen LogP contribution in [0.5, 0.6) is 0 Å². The Balaban J connectivity index is 0.00000162. The van der Waals surface area contributed by atoms with E-state index >= 15 is 0 Å². The van der Waals surface area contributed by atoms with Crippen LogP contribution >= 0.6 is 48.0 Å². The minimum atomic E-state index is -0.209. The number of hydrogen-bond donors (Lipinski definition) is 2. The third-order valence-corrected chi connectivity index (χ3v) is 6.46. The van der Waals surface area contributed by atoms with Crippen molar-refractivity contribution in [3.05, 3.63) is 74.9 Å². The fourth-order valence-electron chi connectivity index (χ4n) is 4.08. The first-order valence-electron chi connectivity index (χ1n) is 10.4. The van der Waals surface area contributed by atoms with Gasteiger partial charge in [0.1, 0.15) is 5.52 Å². The van der Waals surface area contributed by atoms with E-state index in [1.165, 1.54) is 0 Å². The molecular formula is C22H23Cl4N7O. The van der Waals surface area contributed by atoms with Crippen molar-refractivity contribution < 1.29 is 0 Å². The van der Waals surface area contributed by atoms with Crippen LogP contribution in [0.15, 0.2) is 53.7 Å². The second kappa shape index (κ2) is 11.3. The minimum absolute atomic E-state index is 0. The van der Waals surface area contributed by atoms with E-state index in [2.05, 4.69) is 36.3 Å². The van der Waals surface area contributed by atoms with Crippen molar-refractivity contribution >= 4 is 70.7 Å². The van der Waals surface area contributed by atoms with E-state index in [4.69, 9.17) is 23.2 Å². The second-order valence-corrected chi connectivity index (χ2v) is 8.58. The maximum Gasteiger partial charge on any atom is 0.278 e. The maximum absolute atomic E-state index is 12.9. The molecule has 4 heterocycles.